The van der Waals surface area contributed by atoms with Gasteiger partial charge in [0.1, 0.15) is 0 Å². The smallest absolute Gasteiger partial charge is 0.336 e. The molecule has 228 valence electrons. The fourth-order valence-corrected chi connectivity index (χ4v) is 5.35. The Balaban J connectivity index is 0.00000420. The Kier molecular flexibility index (Phi) is 13.0. The van der Waals surface area contributed by atoms with Gasteiger partial charge in [0.2, 0.25) is 0 Å². The van der Waals surface area contributed by atoms with Gasteiger partial charge < -0.3 is 19.6 Å². The number of piperazine rings is 1. The summed E-state index contributed by atoms with van der Waals surface area (Å²) >= 11 is 0. The summed E-state index contributed by atoms with van der Waals surface area (Å²) in [6, 6.07) is 5.77. The average Bonchev–Trinajstić information content (AvgIpc) is 2.86. The fourth-order valence-electron chi connectivity index (χ4n) is 5.35. The van der Waals surface area contributed by atoms with E-state index in [4.69, 9.17) is 4.74 Å². The number of carboxylic acid groups (broad SMARTS) is 1. The molecule has 41 heavy (non-hydrogen) atoms. The van der Waals surface area contributed by atoms with Crippen molar-refractivity contribution in [1.82, 2.24) is 14.7 Å². The third-order valence-corrected chi connectivity index (χ3v) is 7.43. The first-order valence-electron chi connectivity index (χ1n) is 13.1. The van der Waals surface area contributed by atoms with Crippen molar-refractivity contribution >= 4 is 42.4 Å². The van der Waals surface area contributed by atoms with Crippen LogP contribution in [0.2, 0.25) is 0 Å². The molecule has 0 aliphatic carbocycles. The van der Waals surface area contributed by atoms with E-state index in [0.717, 1.165) is 44.8 Å². The zero-order valence-electron chi connectivity index (χ0n) is 24.6. The number of aliphatic carboxylic acids is 1. The Morgan fingerprint density at radius 1 is 1.10 bits per heavy atom. The number of hydrogen-bond donors (Lipinski definition) is 1. The van der Waals surface area contributed by atoms with Crippen molar-refractivity contribution in [1.29, 1.82) is 0 Å². The molecule has 10 nitrogen and oxygen atoms in total. The minimum Gasteiger partial charge on any atom is -0.478 e. The number of hydrogen-bond acceptors (Lipinski definition) is 8. The molecule has 1 aromatic rings. The molecule has 1 fully saturated rings. The van der Waals surface area contributed by atoms with Gasteiger partial charge in [-0.3, -0.25) is 15.0 Å². The molecule has 12 heteroatoms. The highest BCUT2D eigenvalue weighted by atomic mass is 35.5. The molecule has 0 aromatic heterocycles. The van der Waals surface area contributed by atoms with Crippen LogP contribution in [0.4, 0.5) is 5.69 Å². The summed E-state index contributed by atoms with van der Waals surface area (Å²) in [5, 5.41) is 21.6. The van der Waals surface area contributed by atoms with Gasteiger partial charge in [0.25, 0.3) is 5.69 Å². The van der Waals surface area contributed by atoms with Crippen LogP contribution in [0.3, 0.4) is 0 Å². The molecule has 2 aliphatic heterocycles. The zero-order chi connectivity index (χ0) is 29.1. The van der Waals surface area contributed by atoms with Gasteiger partial charge in [0.15, 0.2) is 0 Å². The van der Waals surface area contributed by atoms with Gasteiger partial charge in [0.05, 0.1) is 28.6 Å². The molecule has 0 radical (unpaired) electrons. The van der Waals surface area contributed by atoms with Crippen molar-refractivity contribution in [2.24, 2.45) is 5.41 Å². The molecule has 2 aliphatic rings. The van der Waals surface area contributed by atoms with Crippen LogP contribution in [-0.2, 0) is 14.3 Å². The van der Waals surface area contributed by atoms with Crippen molar-refractivity contribution in [3.8, 4) is 0 Å². The zero-order valence-corrected chi connectivity index (χ0v) is 26.3. The molecule has 2 heterocycles. The summed E-state index contributed by atoms with van der Waals surface area (Å²) in [6.45, 7) is 19.0. The molecule has 0 amide bonds. The lowest BCUT2D eigenvalue weighted by atomic mass is 9.79. The van der Waals surface area contributed by atoms with Crippen LogP contribution in [0.15, 0.2) is 59.0 Å². The number of carbonyl (C=O) groups excluding carboxylic acids is 1. The topological polar surface area (TPSA) is 116 Å². The lowest BCUT2D eigenvalue weighted by Crippen LogP contribution is -2.50. The normalized spacial score (nSPS) is 18.4. The van der Waals surface area contributed by atoms with Crippen LogP contribution in [0, 0.1) is 15.5 Å². The lowest BCUT2D eigenvalue weighted by molar-refractivity contribution is -0.384. The maximum Gasteiger partial charge on any atom is 0.336 e. The highest BCUT2D eigenvalue weighted by Crippen LogP contribution is 2.42. The number of halogens is 2. The molecule has 1 unspecified atom stereocenters. The van der Waals surface area contributed by atoms with Gasteiger partial charge in [-0.05, 0) is 26.3 Å². The quantitative estimate of drug-likeness (QED) is 0.171. The number of nitrogens with zero attached hydrogens (tertiary/aromatic N) is 4. The van der Waals surface area contributed by atoms with E-state index >= 15 is 0 Å². The van der Waals surface area contributed by atoms with Gasteiger partial charge in [0, 0.05) is 75.3 Å². The minimum absolute atomic E-state index is 0. The number of nitro groups is 1. The van der Waals surface area contributed by atoms with E-state index in [2.05, 4.69) is 16.4 Å². The van der Waals surface area contributed by atoms with Crippen molar-refractivity contribution < 1.29 is 24.4 Å². The number of carbonyl (C=O) groups is 2. The highest BCUT2D eigenvalue weighted by Gasteiger charge is 2.40. The number of allylic oxidation sites excluding steroid dienone is 2. The highest BCUT2D eigenvalue weighted by molar-refractivity contribution is 5.99. The summed E-state index contributed by atoms with van der Waals surface area (Å²) in [6.07, 6.45) is 0. The Morgan fingerprint density at radius 3 is 2.20 bits per heavy atom. The Hall–Kier alpha value is -2.92. The minimum atomic E-state index is -1.19. The largest absolute Gasteiger partial charge is 0.478 e. The molecule has 0 saturated carbocycles. The maximum absolute atomic E-state index is 13.6. The van der Waals surface area contributed by atoms with E-state index in [1.807, 2.05) is 20.8 Å². The van der Waals surface area contributed by atoms with Crippen LogP contribution in [0.25, 0.3) is 0 Å². The fraction of sp³-hybridized carbons (Fsp3) is 0.517. The van der Waals surface area contributed by atoms with Gasteiger partial charge in [-0.15, -0.1) is 24.8 Å². The van der Waals surface area contributed by atoms with Gasteiger partial charge in [-0.2, -0.15) is 0 Å². The number of carboxylic acids is 1. The summed E-state index contributed by atoms with van der Waals surface area (Å²) in [4.78, 5) is 43.3. The monoisotopic (exact) mass is 612 g/mol. The van der Waals surface area contributed by atoms with Crippen molar-refractivity contribution in [2.75, 3.05) is 52.9 Å². The molecule has 1 N–H and O–H groups in total. The second kappa shape index (κ2) is 14.8. The SMILES string of the molecule is C=C(C)CN1CCN(CC(C)(C)COC(=O)C2=C(C)N(C)C(C)=C(C(=O)O)C2c2cccc([N+](=O)[O-])c2)CC1.Cl.Cl. The first-order valence-corrected chi connectivity index (χ1v) is 13.1. The lowest BCUT2D eigenvalue weighted by Gasteiger charge is -2.39. The maximum atomic E-state index is 13.6. The molecular formula is C29H42Cl2N4O6. The summed E-state index contributed by atoms with van der Waals surface area (Å²) in [7, 11) is 1.70. The van der Waals surface area contributed by atoms with Crippen LogP contribution >= 0.6 is 24.8 Å². The van der Waals surface area contributed by atoms with E-state index in [1.54, 1.807) is 31.9 Å². The molecule has 1 saturated heterocycles. The van der Waals surface area contributed by atoms with E-state index in [0.29, 0.717) is 17.0 Å². The summed E-state index contributed by atoms with van der Waals surface area (Å²) in [5.41, 5.74) is 2.14. The second-order valence-corrected chi connectivity index (χ2v) is 11.4. The first kappa shape index (κ1) is 36.1. The van der Waals surface area contributed by atoms with E-state index in [9.17, 15) is 24.8 Å². The van der Waals surface area contributed by atoms with Crippen LogP contribution in [0.1, 0.15) is 46.1 Å². The second-order valence-electron chi connectivity index (χ2n) is 11.4. The third kappa shape index (κ3) is 8.78. The van der Waals surface area contributed by atoms with Crippen molar-refractivity contribution in [3.63, 3.8) is 0 Å². The predicted molar refractivity (Wildman–Crippen MR) is 164 cm³/mol. The predicted octanol–water partition coefficient (Wildman–Crippen LogP) is 4.86. The number of benzene rings is 1. The molecule has 0 bridgehead atoms. The Morgan fingerprint density at radius 2 is 1.66 bits per heavy atom. The van der Waals surface area contributed by atoms with Gasteiger partial charge >= 0.3 is 11.9 Å². The molecule has 1 atom stereocenters. The molecular weight excluding hydrogens is 571 g/mol. The van der Waals surface area contributed by atoms with Crippen molar-refractivity contribution in [2.45, 2.75) is 40.5 Å². The number of esters is 1. The summed E-state index contributed by atoms with van der Waals surface area (Å²) < 4.78 is 5.85. The van der Waals surface area contributed by atoms with E-state index in [1.165, 1.54) is 18.2 Å². The summed E-state index contributed by atoms with van der Waals surface area (Å²) in [5.74, 6) is -2.82. The third-order valence-electron chi connectivity index (χ3n) is 7.43. The average molecular weight is 614 g/mol. The van der Waals surface area contributed by atoms with Crippen molar-refractivity contribution in [3.05, 3.63) is 74.6 Å². The standard InChI is InChI=1S/C29H40N4O6.2ClH/c1-19(2)16-31-11-13-32(14-12-31)17-29(5,6)18-39-28(36)25-21(4)30(7)20(3)24(27(34)35)26(25)22-9-8-10-23(15-22)33(37)38;;/h8-10,15,26H,1,11-14,16-18H2,2-7H3,(H,34,35);2*1H. The first-order chi connectivity index (χ1) is 18.2. The number of ether oxygens (including phenoxy) is 1. The number of nitro benzene ring substituents is 1. The molecule has 1 aromatic carbocycles. The molecule has 0 spiro atoms. The van der Waals surface area contributed by atoms with Gasteiger partial charge in [-0.25, -0.2) is 9.59 Å². The Labute approximate surface area is 254 Å². The molecule has 3 rings (SSSR count). The number of non-ortho nitro benzene ring substituents is 1. The van der Waals surface area contributed by atoms with Gasteiger partial charge in [-0.1, -0.05) is 38.1 Å². The van der Waals surface area contributed by atoms with E-state index in [-0.39, 0.29) is 53.7 Å². The van der Waals surface area contributed by atoms with E-state index < -0.39 is 22.8 Å². The van der Waals surface area contributed by atoms with Crippen LogP contribution in [0.5, 0.6) is 0 Å². The Bertz CT molecular complexity index is 1220. The van der Waals surface area contributed by atoms with Crippen LogP contribution in [-0.4, -0.2) is 89.6 Å². The number of rotatable bonds is 10. The van der Waals surface area contributed by atoms with Crippen LogP contribution < -0.4 is 0 Å².